The molecule has 2 aromatic rings. The highest BCUT2D eigenvalue weighted by Crippen LogP contribution is 2.48. The molecule has 126 valence electrons. The summed E-state index contributed by atoms with van der Waals surface area (Å²) in [6.07, 6.45) is 4.71. The molecule has 0 amide bonds. The monoisotopic (exact) mass is 321 g/mol. The number of nitrogens with two attached hydrogens (primary N) is 1. The van der Waals surface area contributed by atoms with Crippen molar-refractivity contribution >= 4 is 5.69 Å². The lowest BCUT2D eigenvalue weighted by Crippen LogP contribution is -2.11. The Hall–Kier alpha value is -1.96. The van der Waals surface area contributed by atoms with Crippen molar-refractivity contribution in [2.24, 2.45) is 0 Å². The van der Waals surface area contributed by atoms with Crippen LogP contribution in [0.5, 0.6) is 5.75 Å². The van der Waals surface area contributed by atoms with Crippen LogP contribution in [-0.4, -0.2) is 6.61 Å². The molecule has 2 aliphatic rings. The second-order valence-corrected chi connectivity index (χ2v) is 7.63. The summed E-state index contributed by atoms with van der Waals surface area (Å²) in [5, 5.41) is 0. The van der Waals surface area contributed by atoms with Gasteiger partial charge in [0.05, 0.1) is 6.61 Å². The fourth-order valence-electron chi connectivity index (χ4n) is 4.37. The van der Waals surface area contributed by atoms with E-state index in [2.05, 4.69) is 45.0 Å². The Labute approximate surface area is 145 Å². The maximum absolute atomic E-state index is 6.53. The average molecular weight is 321 g/mol. The third-order valence-corrected chi connectivity index (χ3v) is 5.87. The van der Waals surface area contributed by atoms with Gasteiger partial charge in [0.1, 0.15) is 5.75 Å². The molecule has 1 aliphatic carbocycles. The van der Waals surface area contributed by atoms with Gasteiger partial charge >= 0.3 is 0 Å². The minimum Gasteiger partial charge on any atom is -0.492 e. The fraction of sp³-hybridized carbons (Fsp3) is 0.455. The van der Waals surface area contributed by atoms with E-state index < -0.39 is 0 Å². The first-order chi connectivity index (χ1) is 11.6. The molecule has 0 saturated heterocycles. The molecule has 24 heavy (non-hydrogen) atoms. The molecule has 1 heterocycles. The lowest BCUT2D eigenvalue weighted by molar-refractivity contribution is 0.338. The molecule has 0 spiro atoms. The minimum absolute atomic E-state index is 0.315. The minimum atomic E-state index is 0.315. The molecule has 1 atom stereocenters. The van der Waals surface area contributed by atoms with Crippen molar-refractivity contribution in [2.75, 3.05) is 12.3 Å². The largest absolute Gasteiger partial charge is 0.492 e. The van der Waals surface area contributed by atoms with E-state index in [1.807, 2.05) is 0 Å². The molecule has 0 aromatic heterocycles. The normalized spacial score (nSPS) is 19.1. The van der Waals surface area contributed by atoms with Crippen molar-refractivity contribution in [3.05, 3.63) is 57.6 Å². The zero-order valence-electron chi connectivity index (χ0n) is 15.0. The van der Waals surface area contributed by atoms with Crippen LogP contribution >= 0.6 is 0 Å². The summed E-state index contributed by atoms with van der Waals surface area (Å²) in [6, 6.07) is 9.06. The average Bonchev–Trinajstić information content (AvgIpc) is 3.05. The number of ether oxygens (including phenoxy) is 1. The van der Waals surface area contributed by atoms with E-state index in [9.17, 15) is 0 Å². The number of hydrogen-bond acceptors (Lipinski definition) is 2. The van der Waals surface area contributed by atoms with Gasteiger partial charge in [-0.1, -0.05) is 38.1 Å². The van der Waals surface area contributed by atoms with Gasteiger partial charge in [-0.2, -0.15) is 0 Å². The van der Waals surface area contributed by atoms with E-state index in [0.29, 0.717) is 11.8 Å². The zero-order chi connectivity index (χ0) is 16.8. The lowest BCUT2D eigenvalue weighted by Gasteiger charge is -2.23. The summed E-state index contributed by atoms with van der Waals surface area (Å²) in [4.78, 5) is 0. The van der Waals surface area contributed by atoms with Gasteiger partial charge in [0.15, 0.2) is 0 Å². The number of benzene rings is 2. The van der Waals surface area contributed by atoms with Crippen LogP contribution in [0.2, 0.25) is 0 Å². The summed E-state index contributed by atoms with van der Waals surface area (Å²) in [6.45, 7) is 7.39. The van der Waals surface area contributed by atoms with Crippen LogP contribution in [0.3, 0.4) is 0 Å². The van der Waals surface area contributed by atoms with Crippen LogP contribution in [0.1, 0.15) is 71.9 Å². The molecular formula is C22H27NO. The second-order valence-electron chi connectivity index (χ2n) is 7.63. The van der Waals surface area contributed by atoms with Gasteiger partial charge in [0, 0.05) is 17.2 Å². The quantitative estimate of drug-likeness (QED) is 0.781. The zero-order valence-corrected chi connectivity index (χ0v) is 15.0. The summed E-state index contributed by atoms with van der Waals surface area (Å²) in [5.41, 5.74) is 15.6. The number of rotatable bonds is 2. The van der Waals surface area contributed by atoms with E-state index in [1.165, 1.54) is 46.2 Å². The summed E-state index contributed by atoms with van der Waals surface area (Å²) in [5.74, 6) is 2.03. The van der Waals surface area contributed by atoms with E-state index in [0.717, 1.165) is 30.9 Å². The number of anilines is 1. The van der Waals surface area contributed by atoms with Crippen LogP contribution in [0.15, 0.2) is 24.3 Å². The van der Waals surface area contributed by atoms with Gasteiger partial charge < -0.3 is 10.5 Å². The number of fused-ring (bicyclic) bond motifs is 3. The second kappa shape index (κ2) is 5.84. The maximum Gasteiger partial charge on any atom is 0.127 e. The van der Waals surface area contributed by atoms with Gasteiger partial charge in [0.25, 0.3) is 0 Å². The Bertz CT molecular complexity index is 774. The number of nitrogen functional groups attached to an aromatic ring is 1. The van der Waals surface area contributed by atoms with Crippen molar-refractivity contribution in [3.8, 4) is 5.75 Å². The van der Waals surface area contributed by atoms with Crippen molar-refractivity contribution < 1.29 is 4.74 Å². The summed E-state index contributed by atoms with van der Waals surface area (Å²) >= 11 is 0. The molecule has 0 bridgehead atoms. The highest BCUT2D eigenvalue weighted by molar-refractivity contribution is 5.69. The predicted molar refractivity (Wildman–Crippen MR) is 100 cm³/mol. The molecule has 0 radical (unpaired) electrons. The van der Waals surface area contributed by atoms with Crippen molar-refractivity contribution in [1.29, 1.82) is 0 Å². The number of hydrogen-bond donors (Lipinski definition) is 1. The van der Waals surface area contributed by atoms with Crippen LogP contribution in [0.4, 0.5) is 5.69 Å². The Kier molecular flexibility index (Phi) is 3.79. The van der Waals surface area contributed by atoms with Crippen molar-refractivity contribution in [1.82, 2.24) is 0 Å². The first-order valence-electron chi connectivity index (χ1n) is 9.24. The highest BCUT2D eigenvalue weighted by Gasteiger charge is 2.33. The molecule has 0 fully saturated rings. The third-order valence-electron chi connectivity index (χ3n) is 5.87. The first-order valence-corrected chi connectivity index (χ1v) is 9.24. The van der Waals surface area contributed by atoms with Gasteiger partial charge in [-0.25, -0.2) is 0 Å². The standard InChI is InChI=1S/C22H27NO/c1-13(2)15-8-10-16(11-9-15)19-12-24-22-18-7-5-4-6-17(18)21(23)14(3)20(19)22/h8-11,13,19H,4-7,12,23H2,1-3H3. The molecule has 0 saturated carbocycles. The predicted octanol–water partition coefficient (Wildman–Crippen LogP) is 5.10. The van der Waals surface area contributed by atoms with Crippen molar-refractivity contribution in [3.63, 3.8) is 0 Å². The molecule has 2 N–H and O–H groups in total. The third kappa shape index (κ3) is 2.31. The molecule has 2 heteroatoms. The lowest BCUT2D eigenvalue weighted by atomic mass is 9.81. The van der Waals surface area contributed by atoms with Crippen LogP contribution < -0.4 is 10.5 Å². The van der Waals surface area contributed by atoms with Crippen LogP contribution in [-0.2, 0) is 12.8 Å². The Morgan fingerprint density at radius 2 is 1.71 bits per heavy atom. The smallest absolute Gasteiger partial charge is 0.127 e. The fourth-order valence-corrected chi connectivity index (χ4v) is 4.37. The Balaban J connectivity index is 1.80. The summed E-state index contributed by atoms with van der Waals surface area (Å²) in [7, 11) is 0. The van der Waals surface area contributed by atoms with E-state index in [-0.39, 0.29) is 0 Å². The topological polar surface area (TPSA) is 35.2 Å². The van der Waals surface area contributed by atoms with Gasteiger partial charge in [0.2, 0.25) is 0 Å². The molecular weight excluding hydrogens is 294 g/mol. The Morgan fingerprint density at radius 3 is 2.38 bits per heavy atom. The Morgan fingerprint density at radius 1 is 1.04 bits per heavy atom. The van der Waals surface area contributed by atoms with E-state index in [1.54, 1.807) is 0 Å². The van der Waals surface area contributed by atoms with Crippen LogP contribution in [0.25, 0.3) is 0 Å². The molecule has 2 aromatic carbocycles. The molecule has 4 rings (SSSR count). The van der Waals surface area contributed by atoms with Gasteiger partial charge in [-0.05, 0) is 66.3 Å². The molecule has 1 aliphatic heterocycles. The summed E-state index contributed by atoms with van der Waals surface area (Å²) < 4.78 is 6.22. The van der Waals surface area contributed by atoms with Gasteiger partial charge in [-0.15, -0.1) is 0 Å². The molecule has 1 unspecified atom stereocenters. The van der Waals surface area contributed by atoms with E-state index in [4.69, 9.17) is 10.5 Å². The van der Waals surface area contributed by atoms with Gasteiger partial charge in [-0.3, -0.25) is 0 Å². The van der Waals surface area contributed by atoms with Crippen molar-refractivity contribution in [2.45, 2.75) is 58.3 Å². The first kappa shape index (κ1) is 15.6. The molecule has 2 nitrogen and oxygen atoms in total. The van der Waals surface area contributed by atoms with Crippen LogP contribution in [0, 0.1) is 6.92 Å². The highest BCUT2D eigenvalue weighted by atomic mass is 16.5. The SMILES string of the molecule is Cc1c(N)c2c(c3c1C(c1ccc(C(C)C)cc1)CO3)CCCC2. The maximum atomic E-state index is 6.53. The van der Waals surface area contributed by atoms with E-state index >= 15 is 0 Å².